The number of alkyl halides is 2. The molecule has 0 saturated heterocycles. The molecule has 0 aliphatic rings. The van der Waals surface area contributed by atoms with Gasteiger partial charge < -0.3 is 15.3 Å². The van der Waals surface area contributed by atoms with Crippen LogP contribution in [0.2, 0.25) is 0 Å². The van der Waals surface area contributed by atoms with Crippen molar-refractivity contribution in [1.29, 1.82) is 0 Å². The fraction of sp³-hybridized carbons (Fsp3) is 0.364. The molecule has 0 atom stereocenters. The summed E-state index contributed by atoms with van der Waals surface area (Å²) in [7, 11) is 0. The van der Waals surface area contributed by atoms with E-state index in [-0.39, 0.29) is 12.2 Å². The quantitative estimate of drug-likeness (QED) is 0.865. The maximum Gasteiger partial charge on any atom is 0.322 e. The van der Waals surface area contributed by atoms with Crippen LogP contribution < -0.4 is 5.32 Å². The van der Waals surface area contributed by atoms with E-state index in [1.807, 2.05) is 0 Å². The molecular formula is C11H12BrF3N2O2. The predicted molar refractivity (Wildman–Crippen MR) is 67.8 cm³/mol. The van der Waals surface area contributed by atoms with E-state index in [1.165, 1.54) is 12.1 Å². The normalized spacial score (nSPS) is 10.6. The molecule has 0 radical (unpaired) electrons. The number of carbonyl (C=O) groups is 1. The maximum absolute atomic E-state index is 13.0. The van der Waals surface area contributed by atoms with Crippen LogP contribution in [0.25, 0.3) is 0 Å². The molecule has 1 rings (SSSR count). The lowest BCUT2D eigenvalue weighted by molar-refractivity contribution is 0.0943. The Morgan fingerprint density at radius 2 is 2.16 bits per heavy atom. The molecule has 2 amide bonds. The van der Waals surface area contributed by atoms with Crippen molar-refractivity contribution in [3.63, 3.8) is 0 Å². The van der Waals surface area contributed by atoms with E-state index in [0.717, 1.165) is 11.0 Å². The fourth-order valence-corrected chi connectivity index (χ4v) is 1.70. The molecule has 0 heterocycles. The molecule has 4 nitrogen and oxygen atoms in total. The van der Waals surface area contributed by atoms with Gasteiger partial charge in [0.15, 0.2) is 0 Å². The molecule has 0 unspecified atom stereocenters. The van der Waals surface area contributed by atoms with E-state index in [2.05, 4.69) is 21.2 Å². The van der Waals surface area contributed by atoms with Crippen LogP contribution in [-0.4, -0.2) is 42.2 Å². The molecule has 2 N–H and O–H groups in total. The number of nitrogens with zero attached hydrogens (tertiary/aromatic N) is 1. The first-order valence-electron chi connectivity index (χ1n) is 5.34. The highest BCUT2D eigenvalue weighted by Gasteiger charge is 2.18. The third-order valence-electron chi connectivity index (χ3n) is 2.19. The van der Waals surface area contributed by atoms with Crippen molar-refractivity contribution in [3.8, 4) is 0 Å². The summed E-state index contributed by atoms with van der Waals surface area (Å²) in [6, 6.07) is 2.79. The average Bonchev–Trinajstić information content (AvgIpc) is 2.32. The zero-order valence-electron chi connectivity index (χ0n) is 9.75. The monoisotopic (exact) mass is 340 g/mol. The zero-order valence-corrected chi connectivity index (χ0v) is 11.3. The van der Waals surface area contributed by atoms with Crippen LogP contribution >= 0.6 is 15.9 Å². The average molecular weight is 341 g/mol. The summed E-state index contributed by atoms with van der Waals surface area (Å²) >= 11 is 3.10. The number of aliphatic hydroxyl groups excluding tert-OH is 1. The van der Waals surface area contributed by atoms with Crippen LogP contribution in [0.15, 0.2) is 22.7 Å². The molecule has 19 heavy (non-hydrogen) atoms. The maximum atomic E-state index is 13.0. The number of urea groups is 1. The predicted octanol–water partition coefficient (Wildman–Crippen LogP) is 2.68. The Balaban J connectivity index is 2.77. The minimum absolute atomic E-state index is 0.127. The van der Waals surface area contributed by atoms with Crippen LogP contribution in [0.1, 0.15) is 0 Å². The third kappa shape index (κ3) is 5.07. The van der Waals surface area contributed by atoms with Gasteiger partial charge in [-0.25, -0.2) is 18.0 Å². The van der Waals surface area contributed by atoms with Gasteiger partial charge in [0.1, 0.15) is 5.82 Å². The van der Waals surface area contributed by atoms with Gasteiger partial charge in [-0.2, -0.15) is 0 Å². The van der Waals surface area contributed by atoms with Crippen LogP contribution in [0.4, 0.5) is 23.7 Å². The first kappa shape index (κ1) is 15.8. The summed E-state index contributed by atoms with van der Waals surface area (Å²) in [4.78, 5) is 12.5. The molecule has 8 heteroatoms. The summed E-state index contributed by atoms with van der Waals surface area (Å²) in [6.07, 6.45) is -2.71. The van der Waals surface area contributed by atoms with Gasteiger partial charge in [-0.1, -0.05) is 0 Å². The zero-order chi connectivity index (χ0) is 14.4. The minimum Gasteiger partial charge on any atom is -0.395 e. The summed E-state index contributed by atoms with van der Waals surface area (Å²) in [5, 5.41) is 11.0. The van der Waals surface area contributed by atoms with Crippen LogP contribution in [-0.2, 0) is 0 Å². The van der Waals surface area contributed by atoms with Gasteiger partial charge in [0.05, 0.1) is 18.8 Å². The topological polar surface area (TPSA) is 52.6 Å². The molecule has 0 saturated carbocycles. The van der Waals surface area contributed by atoms with Gasteiger partial charge >= 0.3 is 6.03 Å². The third-order valence-corrected chi connectivity index (χ3v) is 2.88. The van der Waals surface area contributed by atoms with Crippen LogP contribution in [0, 0.1) is 5.82 Å². The Morgan fingerprint density at radius 1 is 1.47 bits per heavy atom. The van der Waals surface area contributed by atoms with Crippen LogP contribution in [0.5, 0.6) is 0 Å². The van der Waals surface area contributed by atoms with E-state index >= 15 is 0 Å². The standard InChI is InChI=1S/C11H12BrF3N2O2/c12-8-2-1-7(13)5-9(8)16-11(19)17(3-4-18)6-10(14)15/h1-2,5,10,18H,3-4,6H2,(H,16,19). The fourth-order valence-electron chi connectivity index (χ4n) is 1.35. The highest BCUT2D eigenvalue weighted by atomic mass is 79.9. The van der Waals surface area contributed by atoms with Crippen molar-refractivity contribution >= 4 is 27.6 Å². The number of hydrogen-bond acceptors (Lipinski definition) is 2. The molecule has 0 aliphatic carbocycles. The second-order valence-electron chi connectivity index (χ2n) is 3.62. The van der Waals surface area contributed by atoms with Gasteiger partial charge in [-0.3, -0.25) is 0 Å². The highest BCUT2D eigenvalue weighted by molar-refractivity contribution is 9.10. The van der Waals surface area contributed by atoms with Gasteiger partial charge in [0.25, 0.3) is 6.43 Å². The van der Waals surface area contributed by atoms with E-state index in [4.69, 9.17) is 5.11 Å². The largest absolute Gasteiger partial charge is 0.395 e. The lowest BCUT2D eigenvalue weighted by Crippen LogP contribution is -2.40. The van der Waals surface area contributed by atoms with E-state index in [0.29, 0.717) is 4.47 Å². The molecule has 106 valence electrons. The Bertz CT molecular complexity index is 446. The summed E-state index contributed by atoms with van der Waals surface area (Å²) < 4.78 is 38.0. The van der Waals surface area contributed by atoms with E-state index in [9.17, 15) is 18.0 Å². The molecule has 0 aliphatic heterocycles. The number of benzene rings is 1. The number of halogens is 4. The minimum atomic E-state index is -2.71. The lowest BCUT2D eigenvalue weighted by atomic mass is 10.3. The molecular weight excluding hydrogens is 329 g/mol. The lowest BCUT2D eigenvalue weighted by Gasteiger charge is -2.22. The Morgan fingerprint density at radius 3 is 2.74 bits per heavy atom. The number of aliphatic hydroxyl groups is 1. The molecule has 1 aromatic carbocycles. The Kier molecular flexibility index (Phi) is 6.10. The first-order valence-corrected chi connectivity index (χ1v) is 6.13. The summed E-state index contributed by atoms with van der Waals surface area (Å²) in [6.45, 7) is -1.48. The molecule has 0 aromatic heterocycles. The second kappa shape index (κ2) is 7.34. The van der Waals surface area contributed by atoms with Gasteiger partial charge in [0.2, 0.25) is 0 Å². The van der Waals surface area contributed by atoms with Crippen molar-refractivity contribution < 1.29 is 23.1 Å². The van der Waals surface area contributed by atoms with Crippen molar-refractivity contribution in [1.82, 2.24) is 4.90 Å². The number of carbonyl (C=O) groups excluding carboxylic acids is 1. The van der Waals surface area contributed by atoms with Crippen molar-refractivity contribution in [2.45, 2.75) is 6.43 Å². The van der Waals surface area contributed by atoms with E-state index in [1.54, 1.807) is 0 Å². The second-order valence-corrected chi connectivity index (χ2v) is 4.47. The Labute approximate surface area is 116 Å². The smallest absolute Gasteiger partial charge is 0.322 e. The van der Waals surface area contributed by atoms with Gasteiger partial charge in [0, 0.05) is 11.0 Å². The number of nitrogens with one attached hydrogen (secondary N) is 1. The molecule has 1 aromatic rings. The first-order chi connectivity index (χ1) is 8.93. The summed E-state index contributed by atoms with van der Waals surface area (Å²) in [5.74, 6) is -0.568. The molecule has 0 bridgehead atoms. The van der Waals surface area contributed by atoms with Crippen molar-refractivity contribution in [2.24, 2.45) is 0 Å². The number of anilines is 1. The van der Waals surface area contributed by atoms with Crippen LogP contribution in [0.3, 0.4) is 0 Å². The van der Waals surface area contributed by atoms with Gasteiger partial charge in [-0.15, -0.1) is 0 Å². The number of amides is 2. The highest BCUT2D eigenvalue weighted by Crippen LogP contribution is 2.23. The van der Waals surface area contributed by atoms with Crippen molar-refractivity contribution in [2.75, 3.05) is 25.0 Å². The summed E-state index contributed by atoms with van der Waals surface area (Å²) in [5.41, 5.74) is 0.127. The van der Waals surface area contributed by atoms with Crippen molar-refractivity contribution in [3.05, 3.63) is 28.5 Å². The molecule has 0 spiro atoms. The number of rotatable bonds is 5. The Hall–Kier alpha value is -1.28. The van der Waals surface area contributed by atoms with E-state index < -0.39 is 31.4 Å². The number of hydrogen-bond donors (Lipinski definition) is 2. The molecule has 0 fully saturated rings. The SMILES string of the molecule is O=C(Nc1cc(F)ccc1Br)N(CCO)CC(F)F. The van der Waals surface area contributed by atoms with Gasteiger partial charge in [-0.05, 0) is 34.1 Å².